The molecule has 1 unspecified atom stereocenters. The molecule has 1 amide bonds. The normalized spacial score (nSPS) is 17.1. The van der Waals surface area contributed by atoms with E-state index in [2.05, 4.69) is 34.3 Å². The second-order valence-corrected chi connectivity index (χ2v) is 8.67. The van der Waals surface area contributed by atoms with Crippen molar-refractivity contribution < 1.29 is 9.53 Å². The Morgan fingerprint density at radius 2 is 2.03 bits per heavy atom. The lowest BCUT2D eigenvalue weighted by molar-refractivity contribution is -0.122. The van der Waals surface area contributed by atoms with E-state index in [9.17, 15) is 4.79 Å². The summed E-state index contributed by atoms with van der Waals surface area (Å²) in [6.07, 6.45) is 6.52. The zero-order valence-electron chi connectivity index (χ0n) is 16.5. The molecule has 3 aromatic rings. The molecule has 3 heterocycles. The van der Waals surface area contributed by atoms with Crippen LogP contribution >= 0.6 is 11.3 Å². The van der Waals surface area contributed by atoms with E-state index >= 15 is 0 Å². The van der Waals surface area contributed by atoms with Crippen LogP contribution in [0.4, 0.5) is 5.69 Å². The molecule has 1 aromatic carbocycles. The minimum atomic E-state index is -0.0857. The van der Waals surface area contributed by atoms with Crippen molar-refractivity contribution >= 4 is 22.9 Å². The van der Waals surface area contributed by atoms with Crippen molar-refractivity contribution in [2.45, 2.75) is 38.8 Å². The first-order valence-electron chi connectivity index (χ1n) is 9.95. The molecular formula is C23H25N3O2S. The molecule has 4 rings (SSSR count). The van der Waals surface area contributed by atoms with Gasteiger partial charge in [-0.15, -0.1) is 11.3 Å². The number of likely N-dealkylation sites (tertiary alicyclic amines) is 1. The van der Waals surface area contributed by atoms with Gasteiger partial charge in [-0.2, -0.15) is 0 Å². The van der Waals surface area contributed by atoms with E-state index in [1.807, 2.05) is 47.7 Å². The van der Waals surface area contributed by atoms with Crippen molar-refractivity contribution in [2.24, 2.45) is 0 Å². The Kier molecular flexibility index (Phi) is 6.22. The van der Waals surface area contributed by atoms with Crippen LogP contribution in [0.5, 0.6) is 11.5 Å². The number of aryl methyl sites for hydroxylation is 1. The number of nitrogens with zero attached hydrogens (tertiary/aromatic N) is 2. The maximum Gasteiger partial charge on any atom is 0.241 e. The van der Waals surface area contributed by atoms with E-state index in [1.54, 1.807) is 12.4 Å². The molecule has 0 radical (unpaired) electrons. The van der Waals surface area contributed by atoms with Crippen LogP contribution in [0.1, 0.15) is 29.0 Å². The Balaban J connectivity index is 1.38. The Morgan fingerprint density at radius 1 is 1.17 bits per heavy atom. The highest BCUT2D eigenvalue weighted by Crippen LogP contribution is 2.25. The molecule has 0 bridgehead atoms. The number of piperidine rings is 1. The number of benzene rings is 1. The average Bonchev–Trinajstić information content (AvgIpc) is 3.15. The van der Waals surface area contributed by atoms with E-state index in [4.69, 9.17) is 4.74 Å². The Morgan fingerprint density at radius 3 is 2.76 bits per heavy atom. The van der Waals surface area contributed by atoms with Gasteiger partial charge in [0.25, 0.3) is 0 Å². The van der Waals surface area contributed by atoms with Crippen LogP contribution in [0.25, 0.3) is 0 Å². The first-order chi connectivity index (χ1) is 14.2. The lowest BCUT2D eigenvalue weighted by Crippen LogP contribution is -2.46. The minimum absolute atomic E-state index is 0.0684. The SMILES string of the molecule is Cc1ccc(CN2CCCCC2C(=O)Nc2ccc(Oc3cccnc3)cc2)s1. The first kappa shape index (κ1) is 19.6. The summed E-state index contributed by atoms with van der Waals surface area (Å²) >= 11 is 1.81. The van der Waals surface area contributed by atoms with E-state index in [0.717, 1.165) is 38.0 Å². The second-order valence-electron chi connectivity index (χ2n) is 7.30. The summed E-state index contributed by atoms with van der Waals surface area (Å²) < 4.78 is 5.76. The molecule has 150 valence electrons. The van der Waals surface area contributed by atoms with Gasteiger partial charge < -0.3 is 10.1 Å². The molecular weight excluding hydrogens is 382 g/mol. The van der Waals surface area contributed by atoms with Gasteiger partial charge in [0.2, 0.25) is 5.91 Å². The number of thiophene rings is 1. The van der Waals surface area contributed by atoms with Crippen LogP contribution in [0, 0.1) is 6.92 Å². The number of carbonyl (C=O) groups excluding carboxylic acids is 1. The third-order valence-corrected chi connectivity index (χ3v) is 6.05. The molecule has 1 aliphatic heterocycles. The van der Waals surface area contributed by atoms with Crippen LogP contribution in [-0.2, 0) is 11.3 Å². The summed E-state index contributed by atoms with van der Waals surface area (Å²) in [5, 5.41) is 3.08. The maximum atomic E-state index is 13.0. The molecule has 1 saturated heterocycles. The number of pyridine rings is 1. The highest BCUT2D eigenvalue weighted by atomic mass is 32.1. The smallest absolute Gasteiger partial charge is 0.241 e. The number of nitrogens with one attached hydrogen (secondary N) is 1. The van der Waals surface area contributed by atoms with Gasteiger partial charge in [0.05, 0.1) is 12.2 Å². The zero-order valence-corrected chi connectivity index (χ0v) is 17.3. The summed E-state index contributed by atoms with van der Waals surface area (Å²) in [6, 6.07) is 15.4. The Labute approximate surface area is 175 Å². The van der Waals surface area contributed by atoms with Crippen LogP contribution in [-0.4, -0.2) is 28.4 Å². The fourth-order valence-corrected chi connectivity index (χ4v) is 4.54. The zero-order chi connectivity index (χ0) is 20.1. The third kappa shape index (κ3) is 5.22. The van der Waals surface area contributed by atoms with Crippen LogP contribution in [0.3, 0.4) is 0 Å². The standard InChI is InChI=1S/C23H25N3O2S/c1-17-7-12-21(29-17)16-26-14-3-2-6-22(26)23(27)25-18-8-10-19(11-9-18)28-20-5-4-13-24-15-20/h4-5,7-13,15,22H,2-3,6,14,16H2,1H3,(H,25,27). The van der Waals surface area contributed by atoms with E-state index in [-0.39, 0.29) is 11.9 Å². The van der Waals surface area contributed by atoms with E-state index < -0.39 is 0 Å². The second kappa shape index (κ2) is 9.20. The number of hydrogen-bond donors (Lipinski definition) is 1. The number of carbonyl (C=O) groups is 1. The van der Waals surface area contributed by atoms with Gasteiger partial charge >= 0.3 is 0 Å². The van der Waals surface area contributed by atoms with Crippen molar-refractivity contribution in [3.8, 4) is 11.5 Å². The van der Waals surface area contributed by atoms with E-state index in [1.165, 1.54) is 9.75 Å². The summed E-state index contributed by atoms with van der Waals surface area (Å²) in [4.78, 5) is 21.9. The van der Waals surface area contributed by atoms with Gasteiger partial charge in [0.15, 0.2) is 0 Å². The van der Waals surface area contributed by atoms with Crippen molar-refractivity contribution in [1.82, 2.24) is 9.88 Å². The predicted molar refractivity (Wildman–Crippen MR) is 116 cm³/mol. The quantitative estimate of drug-likeness (QED) is 0.607. The maximum absolute atomic E-state index is 13.0. The topological polar surface area (TPSA) is 54.5 Å². The molecule has 1 atom stereocenters. The van der Waals surface area contributed by atoms with Crippen LogP contribution in [0.2, 0.25) is 0 Å². The molecule has 0 saturated carbocycles. The highest BCUT2D eigenvalue weighted by molar-refractivity contribution is 7.11. The van der Waals surface area contributed by atoms with Crippen LogP contribution in [0.15, 0.2) is 60.9 Å². The minimum Gasteiger partial charge on any atom is -0.456 e. The Bertz CT molecular complexity index is 940. The lowest BCUT2D eigenvalue weighted by Gasteiger charge is -2.34. The first-order valence-corrected chi connectivity index (χ1v) is 10.8. The molecule has 0 spiro atoms. The van der Waals surface area contributed by atoms with Gasteiger partial charge in [-0.05, 0) is 74.8 Å². The van der Waals surface area contributed by atoms with Crippen LogP contribution < -0.4 is 10.1 Å². The number of rotatable bonds is 6. The Hall–Kier alpha value is -2.70. The number of amides is 1. The van der Waals surface area contributed by atoms with E-state index in [0.29, 0.717) is 11.5 Å². The highest BCUT2D eigenvalue weighted by Gasteiger charge is 2.29. The summed E-state index contributed by atoms with van der Waals surface area (Å²) in [6.45, 7) is 3.93. The summed E-state index contributed by atoms with van der Waals surface area (Å²) in [5.74, 6) is 1.47. The number of ether oxygens (including phenoxy) is 1. The number of aromatic nitrogens is 1. The molecule has 6 heteroatoms. The molecule has 1 aliphatic rings. The van der Waals surface area contributed by atoms with Gasteiger partial charge in [0, 0.05) is 28.2 Å². The molecule has 5 nitrogen and oxygen atoms in total. The van der Waals surface area contributed by atoms with Crippen molar-refractivity contribution in [2.75, 3.05) is 11.9 Å². The third-order valence-electron chi connectivity index (χ3n) is 5.06. The summed E-state index contributed by atoms with van der Waals surface area (Å²) in [7, 11) is 0. The van der Waals surface area contributed by atoms with Gasteiger partial charge in [-0.3, -0.25) is 14.7 Å². The molecule has 29 heavy (non-hydrogen) atoms. The van der Waals surface area contributed by atoms with Crippen molar-refractivity contribution in [3.63, 3.8) is 0 Å². The lowest BCUT2D eigenvalue weighted by atomic mass is 10.0. The molecule has 0 aliphatic carbocycles. The summed E-state index contributed by atoms with van der Waals surface area (Å²) in [5.41, 5.74) is 0.783. The van der Waals surface area contributed by atoms with Gasteiger partial charge in [-0.25, -0.2) is 0 Å². The van der Waals surface area contributed by atoms with Crippen molar-refractivity contribution in [1.29, 1.82) is 0 Å². The number of anilines is 1. The van der Waals surface area contributed by atoms with Crippen molar-refractivity contribution in [3.05, 3.63) is 70.7 Å². The van der Waals surface area contributed by atoms with Gasteiger partial charge in [-0.1, -0.05) is 6.42 Å². The fourth-order valence-electron chi connectivity index (χ4n) is 3.62. The fraction of sp³-hybridized carbons (Fsp3) is 0.304. The largest absolute Gasteiger partial charge is 0.456 e. The monoisotopic (exact) mass is 407 g/mol. The average molecular weight is 408 g/mol. The predicted octanol–water partition coefficient (Wildman–Crippen LogP) is 5.24. The molecule has 1 N–H and O–H groups in total. The number of hydrogen-bond acceptors (Lipinski definition) is 5. The molecule has 1 fully saturated rings. The molecule has 2 aromatic heterocycles. The van der Waals surface area contributed by atoms with Gasteiger partial charge in [0.1, 0.15) is 11.5 Å².